The van der Waals surface area contributed by atoms with Gasteiger partial charge in [0.15, 0.2) is 0 Å². The molecule has 0 spiro atoms. The SMILES string of the molecule is CNC1(C)CCN(C(=O)c2cc(F)ccc2[N+](=O)[O-])CC1. The summed E-state index contributed by atoms with van der Waals surface area (Å²) in [6.45, 7) is 3.05. The molecule has 1 amide bonds. The smallest absolute Gasteiger partial charge is 0.282 e. The Morgan fingerprint density at radius 3 is 2.57 bits per heavy atom. The van der Waals surface area contributed by atoms with Gasteiger partial charge in [-0.25, -0.2) is 4.39 Å². The minimum atomic E-state index is -0.658. The number of benzene rings is 1. The summed E-state index contributed by atoms with van der Waals surface area (Å²) >= 11 is 0. The minimum absolute atomic E-state index is 0.0371. The average Bonchev–Trinajstić information content (AvgIpc) is 2.47. The van der Waals surface area contributed by atoms with Crippen molar-refractivity contribution in [3.05, 3.63) is 39.7 Å². The monoisotopic (exact) mass is 295 g/mol. The van der Waals surface area contributed by atoms with Crippen LogP contribution in [0.1, 0.15) is 30.1 Å². The van der Waals surface area contributed by atoms with Crippen LogP contribution in [-0.4, -0.2) is 41.4 Å². The summed E-state index contributed by atoms with van der Waals surface area (Å²) in [6.07, 6.45) is 1.50. The number of hydrogen-bond acceptors (Lipinski definition) is 4. The highest BCUT2D eigenvalue weighted by Crippen LogP contribution is 2.26. The highest BCUT2D eigenvalue weighted by Gasteiger charge is 2.33. The molecule has 0 unspecified atom stereocenters. The Bertz CT molecular complexity index is 569. The molecule has 1 N–H and O–H groups in total. The van der Waals surface area contributed by atoms with E-state index in [0.29, 0.717) is 13.1 Å². The highest BCUT2D eigenvalue weighted by molar-refractivity contribution is 5.98. The summed E-state index contributed by atoms with van der Waals surface area (Å²) in [5.74, 6) is -1.14. The molecule has 0 saturated carbocycles. The van der Waals surface area contributed by atoms with Crippen LogP contribution in [-0.2, 0) is 0 Å². The number of carbonyl (C=O) groups is 1. The second-order valence-electron chi connectivity index (χ2n) is 5.52. The molecule has 1 aliphatic heterocycles. The first-order valence-electron chi connectivity index (χ1n) is 6.78. The number of nitro groups is 1. The van der Waals surface area contributed by atoms with Gasteiger partial charge in [-0.05, 0) is 38.9 Å². The first kappa shape index (κ1) is 15.4. The molecule has 114 valence electrons. The van der Waals surface area contributed by atoms with Crippen molar-refractivity contribution in [2.45, 2.75) is 25.3 Å². The van der Waals surface area contributed by atoms with Gasteiger partial charge in [0.1, 0.15) is 11.4 Å². The van der Waals surface area contributed by atoms with Crippen molar-refractivity contribution in [3.8, 4) is 0 Å². The van der Waals surface area contributed by atoms with Crippen molar-refractivity contribution < 1.29 is 14.1 Å². The molecule has 2 rings (SSSR count). The molecular weight excluding hydrogens is 277 g/mol. The number of nitro benzene ring substituents is 1. The van der Waals surface area contributed by atoms with E-state index in [1.807, 2.05) is 7.05 Å². The lowest BCUT2D eigenvalue weighted by molar-refractivity contribution is -0.385. The van der Waals surface area contributed by atoms with E-state index >= 15 is 0 Å². The fourth-order valence-corrected chi connectivity index (χ4v) is 2.46. The number of nitrogens with one attached hydrogen (secondary N) is 1. The first-order chi connectivity index (χ1) is 9.86. The maximum absolute atomic E-state index is 13.3. The van der Waals surface area contributed by atoms with E-state index in [4.69, 9.17) is 0 Å². The second-order valence-corrected chi connectivity index (χ2v) is 5.52. The molecule has 0 radical (unpaired) electrons. The molecule has 1 heterocycles. The number of halogens is 1. The van der Waals surface area contributed by atoms with E-state index in [1.54, 1.807) is 4.90 Å². The zero-order valence-corrected chi connectivity index (χ0v) is 12.1. The van der Waals surface area contributed by atoms with E-state index in [9.17, 15) is 19.3 Å². The number of rotatable bonds is 3. The minimum Gasteiger partial charge on any atom is -0.338 e. The lowest BCUT2D eigenvalue weighted by atomic mass is 9.89. The standard InChI is InChI=1S/C14H18FN3O3/c1-14(16-2)5-7-17(8-6-14)13(19)11-9-10(15)3-4-12(11)18(20)21/h3-4,9,16H,5-8H2,1-2H3. The summed E-state index contributed by atoms with van der Waals surface area (Å²) in [4.78, 5) is 24.3. The van der Waals surface area contributed by atoms with Gasteiger partial charge in [-0.3, -0.25) is 14.9 Å². The van der Waals surface area contributed by atoms with Gasteiger partial charge in [0.2, 0.25) is 0 Å². The Kier molecular flexibility index (Phi) is 4.22. The van der Waals surface area contributed by atoms with Crippen molar-refractivity contribution in [1.82, 2.24) is 10.2 Å². The van der Waals surface area contributed by atoms with Crippen LogP contribution in [0.5, 0.6) is 0 Å². The molecule has 0 atom stereocenters. The van der Waals surface area contributed by atoms with E-state index < -0.39 is 16.6 Å². The third-order valence-corrected chi connectivity index (χ3v) is 4.14. The maximum Gasteiger partial charge on any atom is 0.282 e. The van der Waals surface area contributed by atoms with Crippen LogP contribution < -0.4 is 5.32 Å². The van der Waals surface area contributed by atoms with Gasteiger partial charge in [-0.2, -0.15) is 0 Å². The quantitative estimate of drug-likeness (QED) is 0.683. The van der Waals surface area contributed by atoms with Crippen molar-refractivity contribution in [2.75, 3.05) is 20.1 Å². The van der Waals surface area contributed by atoms with Gasteiger partial charge in [0.05, 0.1) is 4.92 Å². The van der Waals surface area contributed by atoms with Crippen LogP contribution in [0.4, 0.5) is 10.1 Å². The largest absolute Gasteiger partial charge is 0.338 e. The Balaban J connectivity index is 2.22. The van der Waals surface area contributed by atoms with Crippen LogP contribution in [0.25, 0.3) is 0 Å². The van der Waals surface area contributed by atoms with Crippen LogP contribution in [0.15, 0.2) is 18.2 Å². The van der Waals surface area contributed by atoms with Crippen LogP contribution in [0.3, 0.4) is 0 Å². The van der Waals surface area contributed by atoms with Crippen molar-refractivity contribution in [1.29, 1.82) is 0 Å². The van der Waals surface area contributed by atoms with E-state index in [-0.39, 0.29) is 16.8 Å². The fraction of sp³-hybridized carbons (Fsp3) is 0.500. The van der Waals surface area contributed by atoms with Gasteiger partial charge in [-0.15, -0.1) is 0 Å². The number of amides is 1. The topological polar surface area (TPSA) is 75.5 Å². The molecule has 1 aliphatic rings. The normalized spacial score (nSPS) is 17.6. The summed E-state index contributed by atoms with van der Waals surface area (Å²) in [7, 11) is 1.87. The molecule has 1 aromatic carbocycles. The highest BCUT2D eigenvalue weighted by atomic mass is 19.1. The molecular formula is C14H18FN3O3. The Morgan fingerprint density at radius 2 is 2.05 bits per heavy atom. The Hall–Kier alpha value is -2.02. The maximum atomic E-state index is 13.3. The Labute approximate surface area is 122 Å². The van der Waals surface area contributed by atoms with Crippen LogP contribution in [0, 0.1) is 15.9 Å². The van der Waals surface area contributed by atoms with E-state index in [2.05, 4.69) is 12.2 Å². The van der Waals surface area contributed by atoms with Gasteiger partial charge in [0.25, 0.3) is 11.6 Å². The summed E-state index contributed by atoms with van der Waals surface area (Å²) in [6, 6.07) is 2.96. The molecule has 0 aliphatic carbocycles. The van der Waals surface area contributed by atoms with Crippen LogP contribution in [0.2, 0.25) is 0 Å². The third kappa shape index (κ3) is 3.18. The molecule has 0 aromatic heterocycles. The van der Waals surface area contributed by atoms with Gasteiger partial charge < -0.3 is 10.2 Å². The lowest BCUT2D eigenvalue weighted by Crippen LogP contribution is -2.51. The second kappa shape index (κ2) is 5.77. The summed E-state index contributed by atoms with van der Waals surface area (Å²) < 4.78 is 13.3. The van der Waals surface area contributed by atoms with E-state index in [1.165, 1.54) is 0 Å². The molecule has 21 heavy (non-hydrogen) atoms. The molecule has 6 nitrogen and oxygen atoms in total. The number of likely N-dealkylation sites (tertiary alicyclic amines) is 1. The van der Waals surface area contributed by atoms with Gasteiger partial charge >= 0.3 is 0 Å². The summed E-state index contributed by atoms with van der Waals surface area (Å²) in [5.41, 5.74) is -0.582. The fourth-order valence-electron chi connectivity index (χ4n) is 2.46. The molecule has 1 fully saturated rings. The zero-order chi connectivity index (χ0) is 15.6. The number of piperidine rings is 1. The third-order valence-electron chi connectivity index (χ3n) is 4.14. The van der Waals surface area contributed by atoms with Crippen molar-refractivity contribution in [3.63, 3.8) is 0 Å². The van der Waals surface area contributed by atoms with Gasteiger partial charge in [0, 0.05) is 24.7 Å². The predicted octanol–water partition coefficient (Wildman–Crippen LogP) is 1.95. The number of hydrogen-bond donors (Lipinski definition) is 1. The molecule has 1 saturated heterocycles. The van der Waals surface area contributed by atoms with Crippen molar-refractivity contribution >= 4 is 11.6 Å². The zero-order valence-electron chi connectivity index (χ0n) is 12.1. The molecule has 7 heteroatoms. The molecule has 0 bridgehead atoms. The predicted molar refractivity (Wildman–Crippen MR) is 75.7 cm³/mol. The number of carbonyl (C=O) groups excluding carboxylic acids is 1. The number of nitrogens with zero attached hydrogens (tertiary/aromatic N) is 2. The van der Waals surface area contributed by atoms with Crippen molar-refractivity contribution in [2.24, 2.45) is 0 Å². The van der Waals surface area contributed by atoms with Gasteiger partial charge in [-0.1, -0.05) is 0 Å². The van der Waals surface area contributed by atoms with E-state index in [0.717, 1.165) is 31.0 Å². The average molecular weight is 295 g/mol. The summed E-state index contributed by atoms with van der Waals surface area (Å²) in [5, 5.41) is 14.2. The molecule has 1 aromatic rings. The Morgan fingerprint density at radius 1 is 1.43 bits per heavy atom. The lowest BCUT2D eigenvalue weighted by Gasteiger charge is -2.39. The first-order valence-corrected chi connectivity index (χ1v) is 6.78. The van der Waals surface area contributed by atoms with Crippen LogP contribution >= 0.6 is 0 Å².